The molecule has 0 radical (unpaired) electrons. The van der Waals surface area contributed by atoms with E-state index >= 15 is 0 Å². The average molecular weight is 474 g/mol. The summed E-state index contributed by atoms with van der Waals surface area (Å²) in [5.74, 6) is 0.0862. The van der Waals surface area contributed by atoms with Crippen molar-refractivity contribution in [3.05, 3.63) is 82.2 Å². The lowest BCUT2D eigenvalue weighted by Crippen LogP contribution is -2.25. The number of anilines is 1. The van der Waals surface area contributed by atoms with E-state index in [1.807, 2.05) is 31.2 Å². The van der Waals surface area contributed by atoms with Crippen molar-refractivity contribution in [1.82, 2.24) is 24.3 Å². The molecule has 9 nitrogen and oxygen atoms in total. The Balaban J connectivity index is 1.53. The van der Waals surface area contributed by atoms with Crippen LogP contribution in [0.5, 0.6) is 0 Å². The highest BCUT2D eigenvalue weighted by Gasteiger charge is 2.19. The third kappa shape index (κ3) is 4.30. The van der Waals surface area contributed by atoms with Crippen molar-refractivity contribution in [3.63, 3.8) is 0 Å². The Morgan fingerprint density at radius 2 is 2.03 bits per heavy atom. The van der Waals surface area contributed by atoms with Gasteiger partial charge in [0.05, 0.1) is 11.8 Å². The van der Waals surface area contributed by atoms with Crippen molar-refractivity contribution >= 4 is 33.5 Å². The molecule has 0 aliphatic carbocycles. The van der Waals surface area contributed by atoms with E-state index in [0.29, 0.717) is 40.4 Å². The van der Waals surface area contributed by atoms with Crippen LogP contribution in [0.25, 0.3) is 21.9 Å². The van der Waals surface area contributed by atoms with Gasteiger partial charge in [-0.2, -0.15) is 4.98 Å². The number of halogens is 1. The summed E-state index contributed by atoms with van der Waals surface area (Å²) >= 11 is 0. The summed E-state index contributed by atoms with van der Waals surface area (Å²) in [4.78, 5) is 35.2. The maximum atomic E-state index is 13.9. The monoisotopic (exact) mass is 474 g/mol. The van der Waals surface area contributed by atoms with Crippen LogP contribution < -0.4 is 10.9 Å². The van der Waals surface area contributed by atoms with Gasteiger partial charge in [0, 0.05) is 17.5 Å². The molecule has 0 unspecified atom stereocenters. The summed E-state index contributed by atoms with van der Waals surface area (Å²) in [5, 5.41) is 7.39. The molecular formula is C25H23FN6O3. The van der Waals surface area contributed by atoms with Gasteiger partial charge in [-0.1, -0.05) is 36.3 Å². The van der Waals surface area contributed by atoms with Crippen LogP contribution in [-0.4, -0.2) is 30.2 Å². The first-order chi connectivity index (χ1) is 16.9. The molecule has 10 heteroatoms. The van der Waals surface area contributed by atoms with Gasteiger partial charge in [-0.3, -0.25) is 14.2 Å². The van der Waals surface area contributed by atoms with E-state index in [9.17, 15) is 14.0 Å². The Hall–Kier alpha value is -4.34. The summed E-state index contributed by atoms with van der Waals surface area (Å²) in [6, 6.07) is 11.9. The van der Waals surface area contributed by atoms with E-state index in [4.69, 9.17) is 4.52 Å². The standard InChI is InChI=1S/C25H23FN6O3/c1-3-6-20-29-22(35-30-20)13-31-14-27-23-17-7-4-5-8-19(17)32(24(23)25(31)34)12-21(33)28-16-10-9-15(2)18(26)11-16/h4-5,7-11,14H,3,6,12-13H2,1-2H3,(H,28,33). The smallest absolute Gasteiger partial charge is 0.278 e. The second-order valence-electron chi connectivity index (χ2n) is 8.34. The van der Waals surface area contributed by atoms with Crippen molar-refractivity contribution in [2.45, 2.75) is 39.8 Å². The lowest BCUT2D eigenvalue weighted by atomic mass is 10.2. The second kappa shape index (κ2) is 9.13. The SMILES string of the molecule is CCCc1noc(Cn2cnc3c4ccccc4n(CC(=O)Nc4ccc(C)c(F)c4)c3c2=O)n1. The number of aryl methyl sites for hydroxylation is 2. The minimum absolute atomic E-state index is 0.0643. The van der Waals surface area contributed by atoms with E-state index in [0.717, 1.165) is 11.8 Å². The fraction of sp³-hybridized carbons (Fsp3) is 0.240. The predicted octanol–water partition coefficient (Wildman–Crippen LogP) is 3.82. The third-order valence-corrected chi connectivity index (χ3v) is 5.78. The Morgan fingerprint density at radius 1 is 1.20 bits per heavy atom. The largest absolute Gasteiger partial charge is 0.337 e. The fourth-order valence-electron chi connectivity index (χ4n) is 4.07. The molecule has 35 heavy (non-hydrogen) atoms. The van der Waals surface area contributed by atoms with E-state index in [-0.39, 0.29) is 24.2 Å². The number of benzene rings is 2. The molecule has 0 aliphatic heterocycles. The Kier molecular flexibility index (Phi) is 5.86. The van der Waals surface area contributed by atoms with Gasteiger partial charge < -0.3 is 14.4 Å². The third-order valence-electron chi connectivity index (χ3n) is 5.78. The topological polar surface area (TPSA) is 108 Å². The van der Waals surface area contributed by atoms with Crippen LogP contribution in [0.15, 0.2) is 58.1 Å². The quantitative estimate of drug-likeness (QED) is 0.384. The summed E-state index contributed by atoms with van der Waals surface area (Å²) < 4.78 is 22.2. The first kappa shape index (κ1) is 22.5. The zero-order valence-corrected chi connectivity index (χ0v) is 19.3. The number of aromatic nitrogens is 5. The lowest BCUT2D eigenvalue weighted by Gasteiger charge is -2.10. The number of amides is 1. The molecule has 1 amide bonds. The minimum Gasteiger partial charge on any atom is -0.337 e. The van der Waals surface area contributed by atoms with Crippen LogP contribution in [-0.2, 0) is 24.3 Å². The van der Waals surface area contributed by atoms with Gasteiger partial charge in [0.25, 0.3) is 5.56 Å². The van der Waals surface area contributed by atoms with E-state index in [1.165, 1.54) is 17.0 Å². The molecule has 3 aromatic heterocycles. The van der Waals surface area contributed by atoms with Gasteiger partial charge in [0.15, 0.2) is 5.82 Å². The number of hydrogen-bond acceptors (Lipinski definition) is 6. The van der Waals surface area contributed by atoms with Crippen molar-refractivity contribution in [3.8, 4) is 0 Å². The highest BCUT2D eigenvalue weighted by molar-refractivity contribution is 6.06. The van der Waals surface area contributed by atoms with Crippen LogP contribution >= 0.6 is 0 Å². The summed E-state index contributed by atoms with van der Waals surface area (Å²) in [7, 11) is 0. The predicted molar refractivity (Wildman–Crippen MR) is 129 cm³/mol. The van der Waals surface area contributed by atoms with Crippen molar-refractivity contribution in [1.29, 1.82) is 0 Å². The summed E-state index contributed by atoms with van der Waals surface area (Å²) in [6.07, 6.45) is 3.01. The van der Waals surface area contributed by atoms with Gasteiger partial charge >= 0.3 is 0 Å². The molecule has 2 aromatic carbocycles. The van der Waals surface area contributed by atoms with Gasteiger partial charge in [0.1, 0.15) is 29.9 Å². The number of para-hydroxylation sites is 1. The summed E-state index contributed by atoms with van der Waals surface area (Å²) in [5.41, 5.74) is 1.96. The van der Waals surface area contributed by atoms with Gasteiger partial charge in [-0.15, -0.1) is 0 Å². The zero-order chi connectivity index (χ0) is 24.5. The molecule has 0 aliphatic rings. The maximum Gasteiger partial charge on any atom is 0.278 e. The molecule has 0 bridgehead atoms. The molecule has 0 saturated heterocycles. The van der Waals surface area contributed by atoms with E-state index < -0.39 is 11.7 Å². The lowest BCUT2D eigenvalue weighted by molar-refractivity contribution is -0.116. The molecule has 178 valence electrons. The number of carbonyl (C=O) groups excluding carboxylic acids is 1. The number of nitrogens with one attached hydrogen (secondary N) is 1. The molecule has 0 atom stereocenters. The van der Waals surface area contributed by atoms with E-state index in [1.54, 1.807) is 23.6 Å². The number of hydrogen-bond donors (Lipinski definition) is 1. The number of fused-ring (bicyclic) bond motifs is 3. The van der Waals surface area contributed by atoms with Gasteiger partial charge in [-0.05, 0) is 37.1 Å². The summed E-state index contributed by atoms with van der Waals surface area (Å²) in [6.45, 7) is 3.58. The van der Waals surface area contributed by atoms with Crippen LogP contribution in [0.1, 0.15) is 30.6 Å². The highest BCUT2D eigenvalue weighted by atomic mass is 19.1. The number of carbonyl (C=O) groups is 1. The fourth-order valence-corrected chi connectivity index (χ4v) is 4.07. The molecule has 0 spiro atoms. The first-order valence-electron chi connectivity index (χ1n) is 11.3. The van der Waals surface area contributed by atoms with Gasteiger partial charge in [0.2, 0.25) is 11.8 Å². The first-order valence-corrected chi connectivity index (χ1v) is 11.3. The van der Waals surface area contributed by atoms with Crippen LogP contribution in [0.2, 0.25) is 0 Å². The normalized spacial score (nSPS) is 11.4. The van der Waals surface area contributed by atoms with E-state index in [2.05, 4.69) is 20.4 Å². The average Bonchev–Trinajstić information content (AvgIpc) is 3.41. The molecule has 3 heterocycles. The molecule has 5 rings (SSSR count). The maximum absolute atomic E-state index is 13.9. The van der Waals surface area contributed by atoms with Crippen molar-refractivity contribution in [2.75, 3.05) is 5.32 Å². The van der Waals surface area contributed by atoms with Crippen LogP contribution in [0.3, 0.4) is 0 Å². The van der Waals surface area contributed by atoms with Crippen molar-refractivity contribution in [2.24, 2.45) is 0 Å². The molecular weight excluding hydrogens is 451 g/mol. The second-order valence-corrected chi connectivity index (χ2v) is 8.34. The number of nitrogens with zero attached hydrogens (tertiary/aromatic N) is 5. The van der Waals surface area contributed by atoms with Crippen LogP contribution in [0.4, 0.5) is 10.1 Å². The molecule has 0 fully saturated rings. The molecule has 0 saturated carbocycles. The Labute approximate surface area is 199 Å². The van der Waals surface area contributed by atoms with Crippen molar-refractivity contribution < 1.29 is 13.7 Å². The Morgan fingerprint density at radius 3 is 2.83 bits per heavy atom. The molecule has 1 N–H and O–H groups in total. The van der Waals surface area contributed by atoms with Gasteiger partial charge in [-0.25, -0.2) is 9.37 Å². The highest BCUT2D eigenvalue weighted by Crippen LogP contribution is 2.25. The number of rotatable bonds is 7. The zero-order valence-electron chi connectivity index (χ0n) is 19.3. The van der Waals surface area contributed by atoms with Crippen LogP contribution in [0, 0.1) is 12.7 Å². The Bertz CT molecular complexity index is 1620. The minimum atomic E-state index is -0.408. The molecule has 5 aromatic rings.